The van der Waals surface area contributed by atoms with Gasteiger partial charge >= 0.3 is 6.18 Å². The third-order valence-electron chi connectivity index (χ3n) is 2.95. The minimum Gasteiger partial charge on any atom is -0.409 e. The molecule has 0 aromatic carbocycles. The molecule has 94 valence electrons. The second kappa shape index (κ2) is 4.12. The highest BCUT2D eigenvalue weighted by atomic mass is 19.4. The summed E-state index contributed by atoms with van der Waals surface area (Å²) in [4.78, 5) is 0. The molecule has 7 heteroatoms. The lowest BCUT2D eigenvalue weighted by molar-refractivity contribution is -0.155. The molecule has 0 aromatic rings. The zero-order valence-electron chi connectivity index (χ0n) is 9.17. The van der Waals surface area contributed by atoms with E-state index < -0.39 is 17.9 Å². The molecule has 0 spiro atoms. The fourth-order valence-electron chi connectivity index (χ4n) is 1.53. The fourth-order valence-corrected chi connectivity index (χ4v) is 1.53. The van der Waals surface area contributed by atoms with E-state index in [2.05, 4.69) is 10.5 Å². The molecule has 0 aromatic heterocycles. The molecule has 1 fully saturated rings. The fraction of sp³-hybridized carbons (Fsp3) is 0.889. The van der Waals surface area contributed by atoms with E-state index in [4.69, 9.17) is 10.9 Å². The molecule has 0 aliphatic heterocycles. The Labute approximate surface area is 91.7 Å². The Morgan fingerprint density at radius 1 is 1.62 bits per heavy atom. The van der Waals surface area contributed by atoms with Crippen LogP contribution in [-0.2, 0) is 0 Å². The van der Waals surface area contributed by atoms with Crippen LogP contribution in [0.2, 0.25) is 0 Å². The van der Waals surface area contributed by atoms with Crippen molar-refractivity contribution in [2.75, 3.05) is 6.54 Å². The van der Waals surface area contributed by atoms with Gasteiger partial charge in [0.1, 0.15) is 5.92 Å². The Balaban J connectivity index is 2.53. The van der Waals surface area contributed by atoms with Gasteiger partial charge in [0.05, 0.1) is 0 Å². The number of amidine groups is 1. The summed E-state index contributed by atoms with van der Waals surface area (Å²) in [5.74, 6) is -2.74. The van der Waals surface area contributed by atoms with Gasteiger partial charge in [-0.25, -0.2) is 0 Å². The quantitative estimate of drug-likeness (QED) is 0.300. The van der Waals surface area contributed by atoms with E-state index in [9.17, 15) is 13.2 Å². The first-order chi connectivity index (χ1) is 7.18. The third kappa shape index (κ3) is 3.01. The minimum absolute atomic E-state index is 0.0429. The molecule has 1 saturated carbocycles. The molecule has 0 radical (unpaired) electrons. The average Bonchev–Trinajstić information content (AvgIpc) is 2.71. The van der Waals surface area contributed by atoms with Gasteiger partial charge in [-0.2, -0.15) is 13.2 Å². The van der Waals surface area contributed by atoms with Gasteiger partial charge in [-0.1, -0.05) is 19.0 Å². The van der Waals surface area contributed by atoms with E-state index >= 15 is 0 Å². The van der Waals surface area contributed by atoms with Crippen molar-refractivity contribution in [1.82, 2.24) is 5.32 Å². The first-order valence-electron chi connectivity index (χ1n) is 4.96. The molecule has 1 rings (SSSR count). The lowest BCUT2D eigenvalue weighted by atomic mass is 10.1. The van der Waals surface area contributed by atoms with Crippen LogP contribution in [0.15, 0.2) is 5.16 Å². The number of rotatable bonds is 4. The summed E-state index contributed by atoms with van der Waals surface area (Å²) in [6, 6.07) is 0.0730. The summed E-state index contributed by atoms with van der Waals surface area (Å²) in [7, 11) is 0. The molecular formula is C9H16F3N3O. The van der Waals surface area contributed by atoms with Crippen molar-refractivity contribution in [3.05, 3.63) is 0 Å². The molecule has 2 unspecified atom stereocenters. The summed E-state index contributed by atoms with van der Waals surface area (Å²) in [6.45, 7) is 3.58. The molecular weight excluding hydrogens is 223 g/mol. The lowest BCUT2D eigenvalue weighted by Crippen LogP contribution is -2.43. The van der Waals surface area contributed by atoms with E-state index in [1.165, 1.54) is 0 Å². The molecule has 0 heterocycles. The molecule has 0 saturated heterocycles. The zero-order chi connectivity index (χ0) is 12.6. The number of halogens is 3. The molecule has 0 bridgehead atoms. The maximum absolute atomic E-state index is 12.5. The lowest BCUT2D eigenvalue weighted by Gasteiger charge is -2.19. The van der Waals surface area contributed by atoms with Crippen LogP contribution in [-0.4, -0.2) is 29.8 Å². The molecule has 1 aliphatic carbocycles. The Hall–Kier alpha value is -0.980. The van der Waals surface area contributed by atoms with Gasteiger partial charge in [-0.15, -0.1) is 0 Å². The van der Waals surface area contributed by atoms with E-state index in [1.54, 1.807) is 0 Å². The number of hydrogen-bond acceptors (Lipinski definition) is 3. The Morgan fingerprint density at radius 2 is 2.12 bits per heavy atom. The summed E-state index contributed by atoms with van der Waals surface area (Å²) < 4.78 is 37.5. The van der Waals surface area contributed by atoms with E-state index in [0.717, 1.165) is 6.42 Å². The van der Waals surface area contributed by atoms with Crippen molar-refractivity contribution in [1.29, 1.82) is 0 Å². The first kappa shape index (κ1) is 13.1. The highest BCUT2D eigenvalue weighted by Crippen LogP contribution is 2.44. The van der Waals surface area contributed by atoms with Crippen LogP contribution in [0.5, 0.6) is 0 Å². The molecule has 1 aliphatic rings. The summed E-state index contributed by atoms with van der Waals surface area (Å²) in [6.07, 6.45) is -3.66. The van der Waals surface area contributed by atoms with Crippen LogP contribution in [0.4, 0.5) is 13.2 Å². The van der Waals surface area contributed by atoms with Crippen LogP contribution in [0.3, 0.4) is 0 Å². The second-order valence-electron chi connectivity index (χ2n) is 4.77. The van der Waals surface area contributed by atoms with Crippen LogP contribution in [0.25, 0.3) is 0 Å². The predicted octanol–water partition coefficient (Wildman–Crippen LogP) is 1.30. The van der Waals surface area contributed by atoms with Crippen LogP contribution in [0.1, 0.15) is 20.3 Å². The van der Waals surface area contributed by atoms with Crippen molar-refractivity contribution in [3.63, 3.8) is 0 Å². The van der Waals surface area contributed by atoms with Gasteiger partial charge in [0.25, 0.3) is 0 Å². The van der Waals surface area contributed by atoms with Gasteiger partial charge in [0, 0.05) is 12.6 Å². The van der Waals surface area contributed by atoms with Crippen molar-refractivity contribution in [3.8, 4) is 0 Å². The van der Waals surface area contributed by atoms with Gasteiger partial charge in [0.2, 0.25) is 0 Å². The van der Waals surface area contributed by atoms with Gasteiger partial charge in [-0.3, -0.25) is 0 Å². The number of alkyl halides is 3. The number of nitrogens with two attached hydrogens (primary N) is 1. The van der Waals surface area contributed by atoms with E-state index in [-0.39, 0.29) is 18.0 Å². The van der Waals surface area contributed by atoms with Gasteiger partial charge in [0.15, 0.2) is 5.84 Å². The monoisotopic (exact) mass is 239 g/mol. The second-order valence-corrected chi connectivity index (χ2v) is 4.77. The maximum Gasteiger partial charge on any atom is 0.400 e. The zero-order valence-corrected chi connectivity index (χ0v) is 9.17. The Morgan fingerprint density at radius 3 is 2.44 bits per heavy atom. The largest absolute Gasteiger partial charge is 0.409 e. The number of nitrogens with one attached hydrogen (secondary N) is 1. The van der Waals surface area contributed by atoms with Crippen LogP contribution >= 0.6 is 0 Å². The van der Waals surface area contributed by atoms with E-state index in [0.29, 0.717) is 0 Å². The van der Waals surface area contributed by atoms with Gasteiger partial charge < -0.3 is 16.3 Å². The highest BCUT2D eigenvalue weighted by Gasteiger charge is 2.48. The van der Waals surface area contributed by atoms with Crippen molar-refractivity contribution < 1.29 is 18.4 Å². The summed E-state index contributed by atoms with van der Waals surface area (Å²) >= 11 is 0. The first-order valence-corrected chi connectivity index (χ1v) is 4.96. The number of nitrogens with zero attached hydrogens (tertiary/aromatic N) is 1. The van der Waals surface area contributed by atoms with E-state index in [1.807, 2.05) is 13.8 Å². The van der Waals surface area contributed by atoms with Crippen LogP contribution in [0, 0.1) is 11.3 Å². The van der Waals surface area contributed by atoms with Crippen molar-refractivity contribution in [2.24, 2.45) is 22.2 Å². The van der Waals surface area contributed by atoms with Gasteiger partial charge in [-0.05, 0) is 11.8 Å². The molecule has 16 heavy (non-hydrogen) atoms. The number of hydrogen-bond donors (Lipinski definition) is 3. The predicted molar refractivity (Wildman–Crippen MR) is 53.1 cm³/mol. The maximum atomic E-state index is 12.5. The molecule has 4 nitrogen and oxygen atoms in total. The topological polar surface area (TPSA) is 70.6 Å². The standard InChI is InChI=1S/C9H16F3N3O/c1-8(2)3-6(8)14-4-5(7(13)15-16)9(10,11)12/h5-6,14,16H,3-4H2,1-2H3,(H2,13,15). The molecule has 0 amide bonds. The third-order valence-corrected chi connectivity index (χ3v) is 2.95. The average molecular weight is 239 g/mol. The molecule has 4 N–H and O–H groups in total. The van der Waals surface area contributed by atoms with Crippen molar-refractivity contribution in [2.45, 2.75) is 32.5 Å². The molecule has 2 atom stereocenters. The Bertz CT molecular complexity index is 288. The smallest absolute Gasteiger partial charge is 0.400 e. The van der Waals surface area contributed by atoms with Crippen LogP contribution < -0.4 is 11.1 Å². The van der Waals surface area contributed by atoms with Crippen molar-refractivity contribution >= 4 is 5.84 Å². The SMILES string of the molecule is CC1(C)CC1NCC(C(N)=NO)C(F)(F)F. The number of oxime groups is 1. The summed E-state index contributed by atoms with van der Waals surface area (Å²) in [5.41, 5.74) is 5.06. The summed E-state index contributed by atoms with van der Waals surface area (Å²) in [5, 5.41) is 13.5. The minimum atomic E-state index is -4.50. The Kier molecular flexibility index (Phi) is 3.37. The highest BCUT2D eigenvalue weighted by molar-refractivity contribution is 5.83. The normalized spacial score (nSPS) is 26.6.